The van der Waals surface area contributed by atoms with Gasteiger partial charge in [-0.15, -0.1) is 6.58 Å². The highest BCUT2D eigenvalue weighted by molar-refractivity contribution is 14.1. The number of ether oxygens (including phenoxy) is 2. The summed E-state index contributed by atoms with van der Waals surface area (Å²) < 4.78 is 25.7. The van der Waals surface area contributed by atoms with E-state index in [0.717, 1.165) is 71.0 Å². The molecule has 16 nitrogen and oxygen atoms in total. The van der Waals surface area contributed by atoms with Crippen molar-refractivity contribution >= 4 is 214 Å². The minimum Gasteiger partial charge on any atom is -0.480 e. The van der Waals surface area contributed by atoms with E-state index in [9.17, 15) is 38.7 Å². The van der Waals surface area contributed by atoms with Crippen LogP contribution in [-0.2, 0) is 46.3 Å². The molecule has 12 aromatic rings. The number of pyridine rings is 4. The summed E-state index contributed by atoms with van der Waals surface area (Å²) >= 11 is 30.4. The molecule has 13 rings (SSSR count). The lowest BCUT2D eigenvalue weighted by Crippen LogP contribution is -2.41. The van der Waals surface area contributed by atoms with Crippen molar-refractivity contribution in [2.24, 2.45) is 0 Å². The number of rotatable bonds is 11. The average molecular weight is 1760 g/mol. The molecule has 0 aliphatic carbocycles. The van der Waals surface area contributed by atoms with Gasteiger partial charge in [0.15, 0.2) is 21.7 Å². The molecule has 1 fully saturated rings. The zero-order chi connectivity index (χ0) is 79.2. The molecule has 1 saturated heterocycles. The molecule has 5 heterocycles. The molecule has 3 N–H and O–H groups in total. The van der Waals surface area contributed by atoms with Crippen LogP contribution in [0.1, 0.15) is 138 Å². The first-order valence-electron chi connectivity index (χ1n) is 34.0. The maximum absolute atomic E-state index is 13.0. The highest BCUT2D eigenvalue weighted by Crippen LogP contribution is 2.39. The Balaban J connectivity index is 0.000000288. The van der Waals surface area contributed by atoms with Crippen molar-refractivity contribution in [2.75, 3.05) is 17.6 Å². The number of carbonyl (C=O) groups is 3. The van der Waals surface area contributed by atoms with E-state index in [1.807, 2.05) is 164 Å². The van der Waals surface area contributed by atoms with Crippen LogP contribution in [0.15, 0.2) is 177 Å². The smallest absolute Gasteiger partial charge is 0.480 e. The number of esters is 2. The van der Waals surface area contributed by atoms with Crippen LogP contribution in [0.5, 0.6) is 0 Å². The number of allylic oxidation sites excluding steroid dienone is 4. The number of alkyl halides is 1. The fourth-order valence-electron chi connectivity index (χ4n) is 12.2. The lowest BCUT2D eigenvalue weighted by Gasteiger charge is -2.32. The summed E-state index contributed by atoms with van der Waals surface area (Å²) in [5.74, 6) is -1.49. The summed E-state index contributed by atoms with van der Waals surface area (Å²) in [5.41, 5.74) is 14.3. The van der Waals surface area contributed by atoms with E-state index in [1.165, 1.54) is 0 Å². The number of carbonyl (C=O) groups excluding carboxylic acids is 2. The van der Waals surface area contributed by atoms with Crippen LogP contribution in [0, 0.1) is 27.7 Å². The topological polar surface area (TPSA) is 218 Å². The molecular formula is C88H99BBrCl4IN4O12. The number of hydrogen-bond donors (Lipinski definition) is 3. The number of carboxylic acid groups (broad SMARTS) is 1. The standard InChI is InChI=1S/C21H20ClNO3.C19H16ClNO3.C17H14ClNO.C14H9BrClNO.C9H17BO2.C4H7IO2.4CH4/c1-5-26-18(24)11-23-17-10-13(4)6-7-14(17)21(25)15-8-9-16(22)19(12(2)3)20(15)23;1-10(2)17-14(20)7-6-13-18(17)21(9-16(22)23)15-8-11(3)4-5-12(15)19(13)24;1-9(2)15-13(18)7-6-12-16(15)19-14-8-10(3)4-5-11(14)17(12)20;1-7-2-3-8-11(6-7)17-13-9(14(8)18)4-5-10(16)12(13)15;1-7(2)10-11-8(3,4)9(5,6)12-10;1-2-7-4(6)3-5;;;;/h6-10H,2,5,11H2,1,3-4H3;4-8H,1,9H2,2-3H3,(H,22,23);4-8H,1H2,2-3H3,(H,19,20);2-6H,1H3,(H,17,18);1H2,2-6H3;2-3H2,1H3;4*1H4. The van der Waals surface area contributed by atoms with Gasteiger partial charge in [0.25, 0.3) is 0 Å². The van der Waals surface area contributed by atoms with Crippen molar-refractivity contribution in [1.29, 1.82) is 0 Å². The van der Waals surface area contributed by atoms with Crippen LogP contribution in [0.2, 0.25) is 20.1 Å². The summed E-state index contributed by atoms with van der Waals surface area (Å²) in [6, 6.07) is 36.2. The van der Waals surface area contributed by atoms with Gasteiger partial charge in [-0.3, -0.25) is 33.6 Å². The Kier molecular flexibility index (Phi) is 33.9. The average Bonchev–Trinajstić information content (AvgIpc) is 1.54. The second-order valence-corrected chi connectivity index (χ2v) is 30.2. The molecule has 0 amide bonds. The van der Waals surface area contributed by atoms with E-state index in [2.05, 4.69) is 57.0 Å². The lowest BCUT2D eigenvalue weighted by atomic mass is 9.81. The van der Waals surface area contributed by atoms with Crippen molar-refractivity contribution in [2.45, 2.75) is 151 Å². The first kappa shape index (κ1) is 94.7. The minimum atomic E-state index is -0.990. The molecular weight excluding hydrogens is 1660 g/mol. The molecule has 23 heteroatoms. The SMILES string of the molecule is C.C.C.C.C=C(C)B1OC(C)(C)C(C)(C)O1.C=C(C)c1c(Cl)ccc2c(=O)c3ccc(C)cc3[nH]c12.C=C(C)c1c(Cl)ccc2c(=O)c3ccc(C)cc3n(CC(=O)O)c12.C=C(C)c1c(Cl)ccc2c(=O)c3ccc(C)cc3n(CC(=O)OCC)c12.CCOC(=O)CI.Cc1ccc2c(=O)c3ccc(Cl)c(Br)c3[nH]c2c1. The van der Waals surface area contributed by atoms with Gasteiger partial charge in [-0.1, -0.05) is 148 Å². The largest absolute Gasteiger partial charge is 0.489 e. The molecule has 0 spiro atoms. The second-order valence-electron chi connectivity index (χ2n) is 27.1. The number of fused-ring (bicyclic) bond motifs is 8. The Labute approximate surface area is 691 Å². The molecule has 0 bridgehead atoms. The van der Waals surface area contributed by atoms with Gasteiger partial charge in [0, 0.05) is 59.8 Å². The number of benzene rings is 8. The first-order valence-corrected chi connectivity index (χ1v) is 37.9. The number of nitrogens with one attached hydrogen (secondary N) is 2. The predicted octanol–water partition coefficient (Wildman–Crippen LogP) is 23.8. The second kappa shape index (κ2) is 39.7. The lowest BCUT2D eigenvalue weighted by molar-refractivity contribution is -0.143. The van der Waals surface area contributed by atoms with Crippen LogP contribution in [0.25, 0.3) is 104 Å². The van der Waals surface area contributed by atoms with Gasteiger partial charge in [-0.05, 0) is 249 Å². The Hall–Kier alpha value is -8.64. The zero-order valence-corrected chi connectivity index (χ0v) is 68.9. The van der Waals surface area contributed by atoms with Crippen LogP contribution >= 0.6 is 84.9 Å². The molecule has 0 unspecified atom stereocenters. The van der Waals surface area contributed by atoms with Gasteiger partial charge in [0.1, 0.15) is 13.1 Å². The summed E-state index contributed by atoms with van der Waals surface area (Å²) in [6.45, 7) is 43.2. The number of hydrogen-bond acceptors (Lipinski definition) is 11. The van der Waals surface area contributed by atoms with Crippen LogP contribution < -0.4 is 21.7 Å². The van der Waals surface area contributed by atoms with E-state index in [1.54, 1.807) is 86.0 Å². The van der Waals surface area contributed by atoms with Crippen molar-refractivity contribution in [1.82, 2.24) is 19.1 Å². The molecule has 0 saturated carbocycles. The van der Waals surface area contributed by atoms with E-state index in [4.69, 9.17) is 60.4 Å². The quantitative estimate of drug-likeness (QED) is 0.0362. The fraction of sp³-hybridized carbons (Fsp3) is 0.284. The zero-order valence-electron chi connectivity index (χ0n) is 62.1. The summed E-state index contributed by atoms with van der Waals surface area (Å²) in [4.78, 5) is 91.4. The Morgan fingerprint density at radius 1 is 0.486 bits per heavy atom. The van der Waals surface area contributed by atoms with Crippen molar-refractivity contribution in [3.63, 3.8) is 0 Å². The van der Waals surface area contributed by atoms with Crippen molar-refractivity contribution < 1.29 is 38.3 Å². The Bertz CT molecular complexity index is 5890. The van der Waals surface area contributed by atoms with Crippen LogP contribution in [0.3, 0.4) is 0 Å². The van der Waals surface area contributed by atoms with E-state index in [-0.39, 0.29) is 94.8 Å². The Morgan fingerprint density at radius 3 is 1.17 bits per heavy atom. The van der Waals surface area contributed by atoms with Gasteiger partial charge in [-0.25, -0.2) is 0 Å². The number of aryl methyl sites for hydroxylation is 4. The highest BCUT2D eigenvalue weighted by Gasteiger charge is 2.51. The molecule has 4 aromatic heterocycles. The minimum absolute atomic E-state index is 0. The number of carboxylic acids is 1. The van der Waals surface area contributed by atoms with E-state index >= 15 is 0 Å². The van der Waals surface area contributed by atoms with Crippen molar-refractivity contribution in [3.05, 3.63) is 258 Å². The summed E-state index contributed by atoms with van der Waals surface area (Å²) in [6.07, 6.45) is 0. The van der Waals surface area contributed by atoms with Gasteiger partial charge in [-0.2, -0.15) is 0 Å². The third-order valence-corrected chi connectivity index (χ3v) is 20.9. The monoisotopic (exact) mass is 1760 g/mol. The van der Waals surface area contributed by atoms with Crippen LogP contribution in [-0.4, -0.2) is 78.1 Å². The molecule has 8 aromatic carbocycles. The van der Waals surface area contributed by atoms with E-state index in [0.29, 0.717) is 120 Å². The molecule has 588 valence electrons. The number of aliphatic carboxylic acids is 1. The predicted molar refractivity (Wildman–Crippen MR) is 484 cm³/mol. The number of aromatic amines is 2. The van der Waals surface area contributed by atoms with Gasteiger partial charge in [0.2, 0.25) is 0 Å². The normalized spacial score (nSPS) is 12.2. The molecule has 1 aliphatic heterocycles. The molecule has 0 radical (unpaired) electrons. The maximum atomic E-state index is 13.0. The third-order valence-electron chi connectivity index (χ3n) is 18.0. The van der Waals surface area contributed by atoms with Crippen LogP contribution in [0.4, 0.5) is 0 Å². The number of halogens is 6. The maximum Gasteiger partial charge on any atom is 0.489 e. The van der Waals surface area contributed by atoms with Gasteiger partial charge >= 0.3 is 25.0 Å². The first-order chi connectivity index (χ1) is 50.3. The summed E-state index contributed by atoms with van der Waals surface area (Å²) in [7, 11) is -0.241. The third kappa shape index (κ3) is 21.0. The number of nitrogens with zero attached hydrogens (tertiary/aromatic N) is 2. The van der Waals surface area contributed by atoms with Crippen molar-refractivity contribution in [3.8, 4) is 0 Å². The van der Waals surface area contributed by atoms with Gasteiger partial charge < -0.3 is 43.0 Å². The van der Waals surface area contributed by atoms with E-state index < -0.39 is 5.97 Å². The molecule has 111 heavy (non-hydrogen) atoms. The molecule has 1 aliphatic rings. The number of H-pyrrole nitrogens is 2. The fourth-order valence-corrected chi connectivity index (χ4v) is 14.0. The Morgan fingerprint density at radius 2 is 0.811 bits per heavy atom. The highest BCUT2D eigenvalue weighted by atomic mass is 127. The molecule has 0 atom stereocenters. The summed E-state index contributed by atoms with van der Waals surface area (Å²) in [5, 5.41) is 16.2. The van der Waals surface area contributed by atoms with Gasteiger partial charge in [0.05, 0.1) is 97.5 Å². The number of aromatic nitrogens is 4.